The van der Waals surface area contributed by atoms with Crippen molar-refractivity contribution in [3.05, 3.63) is 12.2 Å². The molecule has 88 valence electrons. The monoisotopic (exact) mass is 226 g/mol. The van der Waals surface area contributed by atoms with Gasteiger partial charge in [0.1, 0.15) is 6.04 Å². The third-order valence-corrected chi connectivity index (χ3v) is 2.40. The number of amides is 2. The number of carboxylic acids is 1. The predicted molar refractivity (Wildman–Crippen MR) is 55.2 cm³/mol. The summed E-state index contributed by atoms with van der Waals surface area (Å²) >= 11 is 0. The molecule has 4 N–H and O–H groups in total. The third-order valence-electron chi connectivity index (χ3n) is 2.40. The first-order valence-electron chi connectivity index (χ1n) is 4.97. The van der Waals surface area contributed by atoms with Crippen molar-refractivity contribution in [2.45, 2.75) is 25.3 Å². The number of primary amides is 1. The quantitative estimate of drug-likeness (QED) is 0.543. The molecule has 0 heterocycles. The number of nitrogens with one attached hydrogen (secondary N) is 1. The summed E-state index contributed by atoms with van der Waals surface area (Å²) in [6.07, 6.45) is 4.56. The molecular weight excluding hydrogens is 212 g/mol. The molecule has 0 aromatic rings. The lowest BCUT2D eigenvalue weighted by Crippen LogP contribution is -2.45. The highest BCUT2D eigenvalue weighted by molar-refractivity contribution is 5.89. The molecule has 0 bridgehead atoms. The van der Waals surface area contributed by atoms with Gasteiger partial charge in [0.15, 0.2) is 0 Å². The van der Waals surface area contributed by atoms with Gasteiger partial charge in [-0.1, -0.05) is 12.2 Å². The number of rotatable bonds is 5. The Kier molecular flexibility index (Phi) is 4.04. The van der Waals surface area contributed by atoms with Crippen LogP contribution < -0.4 is 11.1 Å². The van der Waals surface area contributed by atoms with Crippen LogP contribution in [0.1, 0.15) is 19.3 Å². The molecule has 0 aromatic heterocycles. The topological polar surface area (TPSA) is 109 Å². The van der Waals surface area contributed by atoms with E-state index in [2.05, 4.69) is 5.32 Å². The summed E-state index contributed by atoms with van der Waals surface area (Å²) in [5.41, 5.74) is 4.89. The molecule has 6 heteroatoms. The largest absolute Gasteiger partial charge is 0.480 e. The van der Waals surface area contributed by atoms with Gasteiger partial charge in [-0.25, -0.2) is 4.79 Å². The van der Waals surface area contributed by atoms with Crippen LogP contribution in [0.2, 0.25) is 0 Å². The minimum Gasteiger partial charge on any atom is -0.480 e. The molecule has 1 atom stereocenters. The number of carboxylic acid groups (broad SMARTS) is 1. The SMILES string of the molecule is NC(=O)C[C@H](NC(=O)C1CC=CC1)C(=O)O. The van der Waals surface area contributed by atoms with Crippen LogP contribution >= 0.6 is 0 Å². The zero-order chi connectivity index (χ0) is 12.1. The molecule has 0 aliphatic heterocycles. The summed E-state index contributed by atoms with van der Waals surface area (Å²) < 4.78 is 0. The lowest BCUT2D eigenvalue weighted by molar-refractivity contribution is -0.143. The Morgan fingerprint density at radius 2 is 1.94 bits per heavy atom. The van der Waals surface area contributed by atoms with Gasteiger partial charge in [0.05, 0.1) is 6.42 Å². The molecule has 1 rings (SSSR count). The summed E-state index contributed by atoms with van der Waals surface area (Å²) in [4.78, 5) is 32.9. The summed E-state index contributed by atoms with van der Waals surface area (Å²) in [5, 5.41) is 11.1. The van der Waals surface area contributed by atoms with Gasteiger partial charge in [0.25, 0.3) is 0 Å². The van der Waals surface area contributed by atoms with Crippen LogP contribution in [0.15, 0.2) is 12.2 Å². The van der Waals surface area contributed by atoms with E-state index in [0.717, 1.165) is 0 Å². The summed E-state index contributed by atoms with van der Waals surface area (Å²) in [6, 6.07) is -1.23. The number of carbonyl (C=O) groups excluding carboxylic acids is 2. The van der Waals surface area contributed by atoms with E-state index in [4.69, 9.17) is 10.8 Å². The Bertz CT molecular complexity index is 330. The van der Waals surface area contributed by atoms with Gasteiger partial charge in [-0.15, -0.1) is 0 Å². The van der Waals surface area contributed by atoms with Crippen LogP contribution in [-0.2, 0) is 14.4 Å². The van der Waals surface area contributed by atoms with Gasteiger partial charge < -0.3 is 16.2 Å². The van der Waals surface area contributed by atoms with E-state index < -0.39 is 17.9 Å². The van der Waals surface area contributed by atoms with Crippen molar-refractivity contribution in [2.24, 2.45) is 11.7 Å². The average Bonchev–Trinajstić information content (AvgIpc) is 2.68. The normalized spacial score (nSPS) is 17.0. The number of aliphatic carboxylic acids is 1. The van der Waals surface area contributed by atoms with Crippen molar-refractivity contribution in [1.29, 1.82) is 0 Å². The Morgan fingerprint density at radius 1 is 1.38 bits per heavy atom. The highest BCUT2D eigenvalue weighted by atomic mass is 16.4. The molecular formula is C10H14N2O4. The van der Waals surface area contributed by atoms with Crippen LogP contribution in [0.4, 0.5) is 0 Å². The van der Waals surface area contributed by atoms with Gasteiger partial charge >= 0.3 is 5.97 Å². The summed E-state index contributed by atoms with van der Waals surface area (Å²) in [5.74, 6) is -2.58. The molecule has 0 aromatic carbocycles. The Balaban J connectivity index is 2.50. The van der Waals surface area contributed by atoms with Crippen molar-refractivity contribution in [2.75, 3.05) is 0 Å². The number of nitrogens with two attached hydrogens (primary N) is 1. The molecule has 16 heavy (non-hydrogen) atoms. The third kappa shape index (κ3) is 3.38. The maximum absolute atomic E-state index is 11.6. The van der Waals surface area contributed by atoms with E-state index in [1.54, 1.807) is 0 Å². The van der Waals surface area contributed by atoms with E-state index in [0.29, 0.717) is 12.8 Å². The van der Waals surface area contributed by atoms with E-state index in [1.807, 2.05) is 12.2 Å². The molecule has 0 fully saturated rings. The fraction of sp³-hybridized carbons (Fsp3) is 0.500. The second kappa shape index (κ2) is 5.29. The Morgan fingerprint density at radius 3 is 2.38 bits per heavy atom. The summed E-state index contributed by atoms with van der Waals surface area (Å²) in [7, 11) is 0. The maximum Gasteiger partial charge on any atom is 0.326 e. The maximum atomic E-state index is 11.6. The number of carbonyl (C=O) groups is 3. The van der Waals surface area contributed by atoms with Crippen LogP contribution in [-0.4, -0.2) is 28.9 Å². The Labute approximate surface area is 92.5 Å². The van der Waals surface area contributed by atoms with Gasteiger partial charge in [-0.05, 0) is 12.8 Å². The average molecular weight is 226 g/mol. The van der Waals surface area contributed by atoms with Gasteiger partial charge in [-0.3, -0.25) is 9.59 Å². The molecule has 6 nitrogen and oxygen atoms in total. The fourth-order valence-corrected chi connectivity index (χ4v) is 1.52. The second-order valence-electron chi connectivity index (χ2n) is 3.71. The highest BCUT2D eigenvalue weighted by Crippen LogP contribution is 2.17. The van der Waals surface area contributed by atoms with Gasteiger partial charge in [0.2, 0.25) is 11.8 Å². The zero-order valence-electron chi connectivity index (χ0n) is 8.68. The van der Waals surface area contributed by atoms with Crippen LogP contribution in [0.25, 0.3) is 0 Å². The Hall–Kier alpha value is -1.85. The molecule has 2 amide bonds. The minimum atomic E-state index is -1.25. The first kappa shape index (κ1) is 12.2. The molecule has 1 aliphatic rings. The standard InChI is InChI=1S/C10H14N2O4/c11-8(13)5-7(10(15)16)12-9(14)6-3-1-2-4-6/h1-2,6-7H,3-5H2,(H2,11,13)(H,12,14)(H,15,16)/t7-/m0/s1. The zero-order valence-corrected chi connectivity index (χ0v) is 8.68. The minimum absolute atomic E-state index is 0.227. The fourth-order valence-electron chi connectivity index (χ4n) is 1.52. The first-order valence-corrected chi connectivity index (χ1v) is 4.97. The van der Waals surface area contributed by atoms with Crippen LogP contribution in [0.3, 0.4) is 0 Å². The van der Waals surface area contributed by atoms with E-state index in [1.165, 1.54) is 0 Å². The van der Waals surface area contributed by atoms with Gasteiger partial charge in [-0.2, -0.15) is 0 Å². The highest BCUT2D eigenvalue weighted by Gasteiger charge is 2.26. The van der Waals surface area contributed by atoms with Crippen molar-refractivity contribution >= 4 is 17.8 Å². The molecule has 0 unspecified atom stereocenters. The van der Waals surface area contributed by atoms with E-state index in [-0.39, 0.29) is 18.2 Å². The van der Waals surface area contributed by atoms with Crippen molar-refractivity contribution in [3.63, 3.8) is 0 Å². The lowest BCUT2D eigenvalue weighted by atomic mass is 10.1. The molecule has 0 radical (unpaired) electrons. The molecule has 1 aliphatic carbocycles. The first-order chi connectivity index (χ1) is 7.50. The second-order valence-corrected chi connectivity index (χ2v) is 3.71. The smallest absolute Gasteiger partial charge is 0.326 e. The molecule has 0 saturated carbocycles. The van der Waals surface area contributed by atoms with E-state index in [9.17, 15) is 14.4 Å². The van der Waals surface area contributed by atoms with Gasteiger partial charge in [0, 0.05) is 5.92 Å². The molecule has 0 spiro atoms. The van der Waals surface area contributed by atoms with E-state index >= 15 is 0 Å². The lowest BCUT2D eigenvalue weighted by Gasteiger charge is -2.15. The predicted octanol–water partition coefficient (Wildman–Crippen LogP) is -0.603. The molecule has 0 saturated heterocycles. The summed E-state index contributed by atoms with van der Waals surface area (Å²) in [6.45, 7) is 0. The van der Waals surface area contributed by atoms with Crippen LogP contribution in [0.5, 0.6) is 0 Å². The van der Waals surface area contributed by atoms with Crippen molar-refractivity contribution in [3.8, 4) is 0 Å². The van der Waals surface area contributed by atoms with Crippen molar-refractivity contribution in [1.82, 2.24) is 5.32 Å². The van der Waals surface area contributed by atoms with Crippen molar-refractivity contribution < 1.29 is 19.5 Å². The van der Waals surface area contributed by atoms with Crippen LogP contribution in [0, 0.1) is 5.92 Å². The number of allylic oxidation sites excluding steroid dienone is 2. The number of hydrogen-bond acceptors (Lipinski definition) is 3. The number of hydrogen-bond donors (Lipinski definition) is 3.